The maximum atomic E-state index is 9.74. The summed E-state index contributed by atoms with van der Waals surface area (Å²) in [7, 11) is 0. The van der Waals surface area contributed by atoms with Crippen LogP contribution in [0, 0.1) is 16.7 Å². The van der Waals surface area contributed by atoms with Gasteiger partial charge in [0.2, 0.25) is 0 Å². The summed E-state index contributed by atoms with van der Waals surface area (Å²) in [5.74, 6) is 2.06. The zero-order valence-corrected chi connectivity index (χ0v) is 23.2. The standard InChI is InChI=1S/C27H35ClN10O2/c28-22-15-31-25(33-20-6-4-19(5-7-20)30-10-13-40-16-26-35-37-38-36-26)14-21(22)23-2-1-3-24(34-23)32-18-27(17-29)8-11-39-12-9-27/h1-3,14-15,19-20,30H,4-13,16,18H2,(H,31,33)(H,32,34)(H,35,36,37,38). The van der Waals surface area contributed by atoms with E-state index < -0.39 is 5.41 Å². The quantitative estimate of drug-likeness (QED) is 0.237. The minimum Gasteiger partial charge on any atom is -0.381 e. The normalized spacial score (nSPS) is 20.5. The van der Waals surface area contributed by atoms with E-state index in [0.717, 1.165) is 62.1 Å². The molecule has 1 aliphatic carbocycles. The number of nitrogens with one attached hydrogen (secondary N) is 4. The molecule has 4 N–H and O–H groups in total. The largest absolute Gasteiger partial charge is 0.381 e. The van der Waals surface area contributed by atoms with Gasteiger partial charge in [-0.15, -0.1) is 10.2 Å². The number of nitriles is 1. The first-order valence-electron chi connectivity index (χ1n) is 13.8. The van der Waals surface area contributed by atoms with Crippen LogP contribution in [0.25, 0.3) is 11.3 Å². The fourth-order valence-electron chi connectivity index (χ4n) is 5.14. The van der Waals surface area contributed by atoms with Crippen molar-refractivity contribution in [3.8, 4) is 17.3 Å². The molecule has 3 aromatic heterocycles. The summed E-state index contributed by atoms with van der Waals surface area (Å²) in [6.45, 7) is 3.51. The van der Waals surface area contributed by atoms with E-state index in [0.29, 0.717) is 61.7 Å². The Kier molecular flexibility index (Phi) is 9.72. The second-order valence-corrected chi connectivity index (χ2v) is 10.8. The first kappa shape index (κ1) is 28.2. The number of aromatic nitrogens is 6. The van der Waals surface area contributed by atoms with Crippen molar-refractivity contribution in [3.05, 3.63) is 41.3 Å². The van der Waals surface area contributed by atoms with E-state index in [1.54, 1.807) is 6.20 Å². The molecule has 40 heavy (non-hydrogen) atoms. The number of halogens is 1. The van der Waals surface area contributed by atoms with Crippen LogP contribution in [0.5, 0.6) is 0 Å². The van der Waals surface area contributed by atoms with E-state index in [1.807, 2.05) is 24.3 Å². The van der Waals surface area contributed by atoms with Crippen LogP contribution in [-0.4, -0.2) is 75.6 Å². The zero-order chi connectivity index (χ0) is 27.6. The van der Waals surface area contributed by atoms with Crippen LogP contribution in [-0.2, 0) is 16.1 Å². The van der Waals surface area contributed by atoms with Gasteiger partial charge in [-0.1, -0.05) is 22.9 Å². The van der Waals surface area contributed by atoms with Crippen LogP contribution in [0.2, 0.25) is 5.02 Å². The van der Waals surface area contributed by atoms with Crippen molar-refractivity contribution in [2.75, 3.05) is 43.5 Å². The number of tetrazole rings is 1. The summed E-state index contributed by atoms with van der Waals surface area (Å²) in [5, 5.41) is 34.5. The predicted molar refractivity (Wildman–Crippen MR) is 151 cm³/mol. The van der Waals surface area contributed by atoms with Gasteiger partial charge >= 0.3 is 0 Å². The number of pyridine rings is 2. The topological polar surface area (TPSA) is 159 Å². The first-order valence-corrected chi connectivity index (χ1v) is 14.2. The van der Waals surface area contributed by atoms with Crippen molar-refractivity contribution in [2.24, 2.45) is 5.41 Å². The molecule has 2 fully saturated rings. The smallest absolute Gasteiger partial charge is 0.200 e. The molecule has 0 atom stereocenters. The molecule has 0 spiro atoms. The second-order valence-electron chi connectivity index (χ2n) is 10.3. The van der Waals surface area contributed by atoms with Gasteiger partial charge in [0.1, 0.15) is 18.2 Å². The molecule has 2 aliphatic rings. The van der Waals surface area contributed by atoms with Crippen molar-refractivity contribution in [2.45, 2.75) is 57.2 Å². The maximum absolute atomic E-state index is 9.74. The number of nitrogens with zero attached hydrogens (tertiary/aromatic N) is 6. The summed E-state index contributed by atoms with van der Waals surface area (Å²) in [6.07, 6.45) is 7.36. The first-order chi connectivity index (χ1) is 19.6. The van der Waals surface area contributed by atoms with Crippen molar-refractivity contribution in [1.82, 2.24) is 35.9 Å². The highest BCUT2D eigenvalue weighted by Crippen LogP contribution is 2.32. The molecule has 1 saturated heterocycles. The Morgan fingerprint density at radius 3 is 2.75 bits per heavy atom. The summed E-state index contributed by atoms with van der Waals surface area (Å²) < 4.78 is 11.0. The predicted octanol–water partition coefficient (Wildman–Crippen LogP) is 3.57. The molecule has 3 aromatic rings. The lowest BCUT2D eigenvalue weighted by atomic mass is 9.82. The van der Waals surface area contributed by atoms with E-state index in [9.17, 15) is 5.26 Å². The number of hydrogen-bond acceptors (Lipinski definition) is 11. The molecule has 0 aromatic carbocycles. The van der Waals surface area contributed by atoms with Crippen molar-refractivity contribution < 1.29 is 9.47 Å². The molecule has 212 valence electrons. The molecule has 0 radical (unpaired) electrons. The molecule has 5 rings (SSSR count). The van der Waals surface area contributed by atoms with Gasteiger partial charge in [-0.05, 0) is 56.7 Å². The van der Waals surface area contributed by atoms with E-state index in [4.69, 9.17) is 26.1 Å². The van der Waals surface area contributed by atoms with Crippen LogP contribution in [0.3, 0.4) is 0 Å². The van der Waals surface area contributed by atoms with Crippen LogP contribution < -0.4 is 16.0 Å². The molecule has 0 amide bonds. The summed E-state index contributed by atoms with van der Waals surface area (Å²) in [5.41, 5.74) is 1.15. The Morgan fingerprint density at radius 1 is 1.15 bits per heavy atom. The molecular formula is C27H35ClN10O2. The monoisotopic (exact) mass is 566 g/mol. The number of anilines is 2. The fraction of sp³-hybridized carbons (Fsp3) is 0.556. The minimum atomic E-state index is -0.431. The third-order valence-corrected chi connectivity index (χ3v) is 7.86. The van der Waals surface area contributed by atoms with Crippen molar-refractivity contribution in [3.63, 3.8) is 0 Å². The number of hydrogen-bond donors (Lipinski definition) is 4. The van der Waals surface area contributed by atoms with Crippen LogP contribution in [0.4, 0.5) is 11.6 Å². The average Bonchev–Trinajstić information content (AvgIpc) is 3.52. The maximum Gasteiger partial charge on any atom is 0.200 e. The Morgan fingerprint density at radius 2 is 1.98 bits per heavy atom. The Bertz CT molecular complexity index is 1250. The van der Waals surface area contributed by atoms with Gasteiger partial charge in [-0.2, -0.15) is 10.5 Å². The van der Waals surface area contributed by atoms with E-state index in [1.165, 1.54) is 0 Å². The minimum absolute atomic E-state index is 0.344. The van der Waals surface area contributed by atoms with Gasteiger partial charge in [0.05, 0.1) is 28.8 Å². The number of rotatable bonds is 12. The lowest BCUT2D eigenvalue weighted by Crippen LogP contribution is -2.38. The highest BCUT2D eigenvalue weighted by molar-refractivity contribution is 6.33. The van der Waals surface area contributed by atoms with Crippen molar-refractivity contribution >= 4 is 23.2 Å². The molecule has 1 saturated carbocycles. The third kappa shape index (κ3) is 7.63. The van der Waals surface area contributed by atoms with Gasteiger partial charge < -0.3 is 25.4 Å². The van der Waals surface area contributed by atoms with Crippen LogP contribution in [0.15, 0.2) is 30.5 Å². The fourth-order valence-corrected chi connectivity index (χ4v) is 5.34. The van der Waals surface area contributed by atoms with Gasteiger partial charge in [0, 0.05) is 50.1 Å². The average molecular weight is 567 g/mol. The summed E-state index contributed by atoms with van der Waals surface area (Å²) >= 11 is 6.55. The van der Waals surface area contributed by atoms with Crippen LogP contribution >= 0.6 is 11.6 Å². The summed E-state index contributed by atoms with van der Waals surface area (Å²) in [4.78, 5) is 9.31. The lowest BCUT2D eigenvalue weighted by molar-refractivity contribution is 0.0455. The Balaban J connectivity index is 1.10. The second kappa shape index (κ2) is 13.8. The molecule has 1 aliphatic heterocycles. The van der Waals surface area contributed by atoms with E-state index in [-0.39, 0.29) is 0 Å². The Labute approximate surface area is 238 Å². The number of H-pyrrole nitrogens is 1. The molecule has 0 bridgehead atoms. The lowest BCUT2D eigenvalue weighted by Gasteiger charge is -2.30. The zero-order valence-electron chi connectivity index (χ0n) is 22.4. The van der Waals surface area contributed by atoms with Crippen LogP contribution in [0.1, 0.15) is 44.3 Å². The molecule has 12 nitrogen and oxygen atoms in total. The van der Waals surface area contributed by atoms with E-state index in [2.05, 4.69) is 47.6 Å². The van der Waals surface area contributed by atoms with Gasteiger partial charge in [-0.3, -0.25) is 0 Å². The molecule has 4 heterocycles. The highest BCUT2D eigenvalue weighted by Gasteiger charge is 2.32. The molecule has 0 unspecified atom stereocenters. The SMILES string of the molecule is N#CC1(CNc2cccc(-c3cc(NC4CCC(NCCOCc5nn[nH]n5)CC4)ncc3Cl)n2)CCOCC1. The highest BCUT2D eigenvalue weighted by atomic mass is 35.5. The third-order valence-electron chi connectivity index (χ3n) is 7.55. The van der Waals surface area contributed by atoms with Gasteiger partial charge in [0.25, 0.3) is 0 Å². The van der Waals surface area contributed by atoms with E-state index >= 15 is 0 Å². The number of aromatic amines is 1. The molecular weight excluding hydrogens is 532 g/mol. The van der Waals surface area contributed by atoms with Gasteiger partial charge in [-0.25, -0.2) is 9.97 Å². The summed E-state index contributed by atoms with van der Waals surface area (Å²) in [6, 6.07) is 11.1. The van der Waals surface area contributed by atoms with Gasteiger partial charge in [0.15, 0.2) is 5.82 Å². The Hall–Kier alpha value is -3.37. The molecule has 13 heteroatoms. The van der Waals surface area contributed by atoms with Crippen molar-refractivity contribution in [1.29, 1.82) is 5.26 Å². The number of ether oxygens (including phenoxy) is 2.